The molecule has 1 aromatic rings. The summed E-state index contributed by atoms with van der Waals surface area (Å²) in [5.41, 5.74) is 6.82. The van der Waals surface area contributed by atoms with E-state index in [4.69, 9.17) is 16.9 Å². The Morgan fingerprint density at radius 2 is 2.19 bits per heavy atom. The van der Waals surface area contributed by atoms with Gasteiger partial charge in [0.25, 0.3) is 0 Å². The van der Waals surface area contributed by atoms with Crippen LogP contribution in [0.2, 0.25) is 0 Å². The molecule has 0 aromatic heterocycles. The van der Waals surface area contributed by atoms with Gasteiger partial charge in [-0.2, -0.15) is 0 Å². The second-order valence-electron chi connectivity index (χ2n) is 4.57. The number of benzene rings is 1. The Hall–Kier alpha value is -1.50. The van der Waals surface area contributed by atoms with Crippen LogP contribution in [-0.2, 0) is 0 Å². The number of hydrogen-bond donors (Lipinski definition) is 2. The van der Waals surface area contributed by atoms with Crippen molar-refractivity contribution >= 4 is 0 Å². The fraction of sp³-hybridized carbons (Fsp3) is 0.385. The molecule has 0 saturated carbocycles. The van der Waals surface area contributed by atoms with Gasteiger partial charge in [0.05, 0.1) is 6.04 Å². The molecule has 1 aromatic carbocycles. The molecule has 0 amide bonds. The molecule has 0 aliphatic carbocycles. The molecule has 0 radical (unpaired) electrons. The highest BCUT2D eigenvalue weighted by Gasteiger charge is 2.41. The highest BCUT2D eigenvalue weighted by atomic mass is 16.5. The molecule has 3 N–H and O–H groups in total. The number of terminal acetylenes is 1. The van der Waals surface area contributed by atoms with Crippen molar-refractivity contribution in [2.24, 2.45) is 5.73 Å². The minimum atomic E-state index is -0.743. The minimum Gasteiger partial charge on any atom is -0.485 e. The lowest BCUT2D eigenvalue weighted by molar-refractivity contribution is -0.0571. The third-order valence-corrected chi connectivity index (χ3v) is 2.96. The number of ether oxygens (including phenoxy) is 1. The molecule has 0 unspecified atom stereocenters. The maximum Gasteiger partial charge on any atom is 0.131 e. The van der Waals surface area contributed by atoms with Gasteiger partial charge in [0, 0.05) is 11.1 Å². The number of rotatable bonds is 0. The molecule has 3 nitrogen and oxygen atoms in total. The number of aliphatic hydroxyl groups excluding tert-OH is 1. The number of aliphatic hydroxyl groups is 1. The van der Waals surface area contributed by atoms with Gasteiger partial charge in [-0.15, -0.1) is 6.42 Å². The predicted octanol–water partition coefficient (Wildman–Crippen LogP) is 1.20. The van der Waals surface area contributed by atoms with Gasteiger partial charge < -0.3 is 15.6 Å². The van der Waals surface area contributed by atoms with Gasteiger partial charge in [-0.3, -0.25) is 0 Å². The van der Waals surface area contributed by atoms with Crippen molar-refractivity contribution in [3.05, 3.63) is 29.3 Å². The third kappa shape index (κ3) is 1.57. The van der Waals surface area contributed by atoms with E-state index in [1.54, 1.807) is 18.2 Å². The summed E-state index contributed by atoms with van der Waals surface area (Å²) in [5, 5.41) is 10.0. The summed E-state index contributed by atoms with van der Waals surface area (Å²) in [6, 6.07) is 4.93. The smallest absolute Gasteiger partial charge is 0.131 e. The summed E-state index contributed by atoms with van der Waals surface area (Å²) in [6.45, 7) is 3.63. The van der Waals surface area contributed by atoms with E-state index in [0.29, 0.717) is 5.75 Å². The van der Waals surface area contributed by atoms with E-state index in [9.17, 15) is 5.11 Å². The predicted molar refractivity (Wildman–Crippen MR) is 62.0 cm³/mol. The molecule has 0 saturated heterocycles. The molecule has 16 heavy (non-hydrogen) atoms. The van der Waals surface area contributed by atoms with Crippen molar-refractivity contribution < 1.29 is 9.84 Å². The average molecular weight is 217 g/mol. The van der Waals surface area contributed by atoms with Crippen LogP contribution in [0.3, 0.4) is 0 Å². The van der Waals surface area contributed by atoms with Gasteiger partial charge in [-0.05, 0) is 32.0 Å². The first kappa shape index (κ1) is 11.0. The largest absolute Gasteiger partial charge is 0.485 e. The number of fused-ring (bicyclic) bond motifs is 1. The fourth-order valence-corrected chi connectivity index (χ4v) is 1.94. The summed E-state index contributed by atoms with van der Waals surface area (Å²) in [7, 11) is 0. The van der Waals surface area contributed by atoms with Crippen molar-refractivity contribution in [2.75, 3.05) is 0 Å². The Balaban J connectivity index is 2.52. The first-order valence-corrected chi connectivity index (χ1v) is 5.19. The first-order chi connectivity index (χ1) is 7.45. The van der Waals surface area contributed by atoms with Gasteiger partial charge in [0.2, 0.25) is 0 Å². The molecule has 0 fully saturated rings. The number of nitrogens with two attached hydrogens (primary N) is 1. The SMILES string of the molecule is C#Cc1ccc2c(c1)[C@@H](N)[C@H](O)C(C)(C)O2. The molecule has 1 heterocycles. The molecule has 1 aliphatic rings. The van der Waals surface area contributed by atoms with Crippen LogP contribution in [0.1, 0.15) is 31.0 Å². The summed E-state index contributed by atoms with van der Waals surface area (Å²) >= 11 is 0. The van der Waals surface area contributed by atoms with Crippen LogP contribution in [0, 0.1) is 12.3 Å². The second-order valence-corrected chi connectivity index (χ2v) is 4.57. The fourth-order valence-electron chi connectivity index (χ4n) is 1.94. The van der Waals surface area contributed by atoms with Crippen LogP contribution >= 0.6 is 0 Å². The van der Waals surface area contributed by atoms with Crippen LogP contribution < -0.4 is 10.5 Å². The Morgan fingerprint density at radius 1 is 1.50 bits per heavy atom. The lowest BCUT2D eigenvalue weighted by atomic mass is 9.86. The Bertz CT molecular complexity index is 459. The highest BCUT2D eigenvalue weighted by Crippen LogP contribution is 2.38. The van der Waals surface area contributed by atoms with E-state index in [1.165, 1.54) is 0 Å². The van der Waals surface area contributed by atoms with Gasteiger partial charge in [0.15, 0.2) is 0 Å². The van der Waals surface area contributed by atoms with E-state index < -0.39 is 17.7 Å². The van der Waals surface area contributed by atoms with E-state index in [-0.39, 0.29) is 0 Å². The van der Waals surface area contributed by atoms with Crippen molar-refractivity contribution in [3.63, 3.8) is 0 Å². The third-order valence-electron chi connectivity index (χ3n) is 2.96. The van der Waals surface area contributed by atoms with E-state index in [2.05, 4.69) is 5.92 Å². The topological polar surface area (TPSA) is 55.5 Å². The Morgan fingerprint density at radius 3 is 2.81 bits per heavy atom. The van der Waals surface area contributed by atoms with Gasteiger partial charge in [-0.25, -0.2) is 0 Å². The Kier molecular flexibility index (Phi) is 2.42. The van der Waals surface area contributed by atoms with E-state index in [0.717, 1.165) is 11.1 Å². The van der Waals surface area contributed by atoms with Crippen molar-refractivity contribution in [1.29, 1.82) is 0 Å². The average Bonchev–Trinajstić information content (AvgIpc) is 2.25. The van der Waals surface area contributed by atoms with Gasteiger partial charge in [0.1, 0.15) is 17.5 Å². The molecule has 1 aliphatic heterocycles. The summed E-state index contributed by atoms with van der Waals surface area (Å²) < 4.78 is 5.70. The first-order valence-electron chi connectivity index (χ1n) is 5.19. The van der Waals surface area contributed by atoms with Crippen LogP contribution in [0.25, 0.3) is 0 Å². The van der Waals surface area contributed by atoms with Crippen molar-refractivity contribution in [2.45, 2.75) is 31.6 Å². The van der Waals surface area contributed by atoms with Crippen LogP contribution in [-0.4, -0.2) is 16.8 Å². The van der Waals surface area contributed by atoms with Gasteiger partial charge >= 0.3 is 0 Å². The van der Waals surface area contributed by atoms with Gasteiger partial charge in [-0.1, -0.05) is 5.92 Å². The normalized spacial score (nSPS) is 26.4. The lowest BCUT2D eigenvalue weighted by Crippen LogP contribution is -2.51. The zero-order valence-electron chi connectivity index (χ0n) is 9.40. The standard InChI is InChI=1S/C13H15NO2/c1-4-8-5-6-10-9(7-8)11(14)12(15)13(2,3)16-10/h1,5-7,11-12,15H,14H2,2-3H3/t11-,12+/m1/s1. The molecular formula is C13H15NO2. The summed E-state index contributed by atoms with van der Waals surface area (Å²) in [4.78, 5) is 0. The van der Waals surface area contributed by atoms with E-state index in [1.807, 2.05) is 13.8 Å². The van der Waals surface area contributed by atoms with Crippen LogP contribution in [0.15, 0.2) is 18.2 Å². The monoisotopic (exact) mass is 217 g/mol. The maximum atomic E-state index is 10.0. The number of hydrogen-bond acceptors (Lipinski definition) is 3. The highest BCUT2D eigenvalue weighted by molar-refractivity contribution is 5.47. The van der Waals surface area contributed by atoms with Crippen LogP contribution in [0.4, 0.5) is 0 Å². The van der Waals surface area contributed by atoms with Crippen molar-refractivity contribution in [3.8, 4) is 18.1 Å². The second kappa shape index (κ2) is 3.51. The maximum absolute atomic E-state index is 10.0. The summed E-state index contributed by atoms with van der Waals surface area (Å²) in [6.07, 6.45) is 4.58. The molecule has 2 rings (SSSR count). The van der Waals surface area contributed by atoms with E-state index >= 15 is 0 Å². The molecule has 3 heteroatoms. The zero-order chi connectivity index (χ0) is 11.9. The minimum absolute atomic E-state index is 0.466. The molecule has 0 bridgehead atoms. The quantitative estimate of drug-likeness (QED) is 0.642. The molecular weight excluding hydrogens is 202 g/mol. The zero-order valence-corrected chi connectivity index (χ0v) is 9.40. The van der Waals surface area contributed by atoms with Crippen molar-refractivity contribution in [1.82, 2.24) is 0 Å². The Labute approximate surface area is 95.2 Å². The lowest BCUT2D eigenvalue weighted by Gasteiger charge is -2.40. The van der Waals surface area contributed by atoms with Crippen LogP contribution in [0.5, 0.6) is 5.75 Å². The molecule has 2 atom stereocenters. The molecule has 84 valence electrons. The summed E-state index contributed by atoms with van der Waals surface area (Å²) in [5.74, 6) is 3.24. The molecule has 0 spiro atoms.